The van der Waals surface area contributed by atoms with Gasteiger partial charge in [0.25, 0.3) is 5.91 Å². The number of aromatic hydroxyl groups is 1. The fraction of sp³-hybridized carbons (Fsp3) is 0.409. The Morgan fingerprint density at radius 2 is 1.78 bits per heavy atom. The van der Waals surface area contributed by atoms with E-state index in [-0.39, 0.29) is 18.1 Å². The van der Waals surface area contributed by atoms with Gasteiger partial charge in [-0.1, -0.05) is 36.4 Å². The molecule has 2 saturated heterocycles. The second-order valence-electron chi connectivity index (χ2n) is 7.55. The van der Waals surface area contributed by atoms with E-state index in [0.29, 0.717) is 12.3 Å². The summed E-state index contributed by atoms with van der Waals surface area (Å²) in [6.07, 6.45) is 2.85. The Bertz CT molecular complexity index is 795. The lowest BCUT2D eigenvalue weighted by molar-refractivity contribution is -0.140. The third kappa shape index (κ3) is 3.99. The Kier molecular flexibility index (Phi) is 5.14. The van der Waals surface area contributed by atoms with Gasteiger partial charge in [0.2, 0.25) is 0 Å². The van der Waals surface area contributed by atoms with E-state index in [4.69, 9.17) is 4.74 Å². The quantitative estimate of drug-likeness (QED) is 0.907. The summed E-state index contributed by atoms with van der Waals surface area (Å²) in [6, 6.07) is 17.4. The maximum Gasteiger partial charge on any atom is 0.253 e. The number of phenolic OH excluding ortho intramolecular Hbond substituents is 1. The van der Waals surface area contributed by atoms with Crippen molar-refractivity contribution in [2.24, 2.45) is 0 Å². The van der Waals surface area contributed by atoms with Gasteiger partial charge in [-0.2, -0.15) is 0 Å². The highest BCUT2D eigenvalue weighted by Crippen LogP contribution is 2.33. The van der Waals surface area contributed by atoms with Crippen molar-refractivity contribution >= 4 is 11.6 Å². The normalized spacial score (nSPS) is 24.1. The van der Waals surface area contributed by atoms with E-state index >= 15 is 0 Å². The number of amides is 1. The van der Waals surface area contributed by atoms with Gasteiger partial charge in [0.05, 0.1) is 12.1 Å². The molecule has 5 heteroatoms. The van der Waals surface area contributed by atoms with Gasteiger partial charge in [0.15, 0.2) is 0 Å². The Morgan fingerprint density at radius 3 is 2.59 bits per heavy atom. The van der Waals surface area contributed by atoms with Gasteiger partial charge in [-0.25, -0.2) is 0 Å². The van der Waals surface area contributed by atoms with Crippen molar-refractivity contribution < 1.29 is 14.6 Å². The van der Waals surface area contributed by atoms with Crippen LogP contribution in [0.5, 0.6) is 5.75 Å². The third-order valence-electron chi connectivity index (χ3n) is 5.69. The molecule has 4 rings (SSSR count). The van der Waals surface area contributed by atoms with E-state index in [9.17, 15) is 9.90 Å². The number of morpholine rings is 1. The van der Waals surface area contributed by atoms with Gasteiger partial charge in [-0.15, -0.1) is 0 Å². The summed E-state index contributed by atoms with van der Waals surface area (Å²) >= 11 is 0. The van der Waals surface area contributed by atoms with Gasteiger partial charge < -0.3 is 14.7 Å². The number of rotatable bonds is 3. The van der Waals surface area contributed by atoms with Gasteiger partial charge in [0, 0.05) is 24.3 Å². The van der Waals surface area contributed by atoms with E-state index in [1.165, 1.54) is 0 Å². The molecule has 0 aromatic heterocycles. The predicted molar refractivity (Wildman–Crippen MR) is 105 cm³/mol. The molecule has 142 valence electrons. The molecule has 2 aliphatic rings. The van der Waals surface area contributed by atoms with Crippen LogP contribution in [0.3, 0.4) is 0 Å². The van der Waals surface area contributed by atoms with Crippen LogP contribution in [0.2, 0.25) is 0 Å². The number of benzene rings is 2. The lowest BCUT2D eigenvalue weighted by Crippen LogP contribution is -2.55. The minimum Gasteiger partial charge on any atom is -0.508 e. The highest BCUT2D eigenvalue weighted by molar-refractivity contribution is 5.95. The summed E-state index contributed by atoms with van der Waals surface area (Å²) in [7, 11) is 0. The van der Waals surface area contributed by atoms with Crippen molar-refractivity contribution in [3.63, 3.8) is 0 Å². The Balaban J connectivity index is 1.45. The van der Waals surface area contributed by atoms with Gasteiger partial charge in [0.1, 0.15) is 12.4 Å². The topological polar surface area (TPSA) is 53.0 Å². The number of likely N-dealkylation sites (tertiary alicyclic amines) is 1. The standard InChI is InChI=1S/C22H26N2O3/c25-20-10-5-4-7-18(20)15-23-13-6-11-22(12-14-23)17-24(21(26)16-27-22)19-8-2-1-3-9-19/h1-5,7-10,25H,6,11-17H2. The largest absolute Gasteiger partial charge is 0.508 e. The van der Waals surface area contributed by atoms with Crippen LogP contribution in [0, 0.1) is 0 Å². The van der Waals surface area contributed by atoms with Crippen LogP contribution in [0.15, 0.2) is 54.6 Å². The summed E-state index contributed by atoms with van der Waals surface area (Å²) in [5, 5.41) is 10.0. The second kappa shape index (κ2) is 7.71. The summed E-state index contributed by atoms with van der Waals surface area (Å²) in [4.78, 5) is 16.7. The minimum absolute atomic E-state index is 0.0298. The molecular formula is C22H26N2O3. The number of hydrogen-bond acceptors (Lipinski definition) is 4. The zero-order chi connectivity index (χ0) is 18.7. The highest BCUT2D eigenvalue weighted by atomic mass is 16.5. The summed E-state index contributed by atoms with van der Waals surface area (Å²) in [5.74, 6) is 0.383. The van der Waals surface area contributed by atoms with Crippen molar-refractivity contribution in [3.8, 4) is 5.75 Å². The highest BCUT2D eigenvalue weighted by Gasteiger charge is 2.41. The molecule has 0 bridgehead atoms. The number of nitrogens with zero attached hydrogens (tertiary/aromatic N) is 2. The predicted octanol–water partition coefficient (Wildman–Crippen LogP) is 3.18. The number of phenols is 1. The first-order chi connectivity index (χ1) is 13.2. The molecule has 0 aliphatic carbocycles. The molecule has 1 amide bonds. The molecule has 1 spiro atoms. The molecule has 2 aromatic carbocycles. The molecule has 27 heavy (non-hydrogen) atoms. The second-order valence-corrected chi connectivity index (χ2v) is 7.55. The van der Waals surface area contributed by atoms with E-state index in [1.54, 1.807) is 6.07 Å². The van der Waals surface area contributed by atoms with Crippen LogP contribution < -0.4 is 4.90 Å². The lowest BCUT2D eigenvalue weighted by atomic mass is 9.92. The molecule has 2 fully saturated rings. The minimum atomic E-state index is -0.281. The van der Waals surface area contributed by atoms with Crippen molar-refractivity contribution in [2.75, 3.05) is 31.1 Å². The molecule has 1 atom stereocenters. The van der Waals surface area contributed by atoms with E-state index in [0.717, 1.165) is 50.1 Å². The average molecular weight is 366 g/mol. The summed E-state index contributed by atoms with van der Waals surface area (Å²) in [5.41, 5.74) is 1.62. The number of para-hydroxylation sites is 2. The number of carbonyl (C=O) groups excluding carboxylic acids is 1. The zero-order valence-electron chi connectivity index (χ0n) is 15.5. The van der Waals surface area contributed by atoms with Gasteiger partial charge in [-0.05, 0) is 44.0 Å². The van der Waals surface area contributed by atoms with Crippen LogP contribution in [0.25, 0.3) is 0 Å². The van der Waals surface area contributed by atoms with Crippen LogP contribution in [-0.2, 0) is 16.1 Å². The molecular weight excluding hydrogens is 340 g/mol. The van der Waals surface area contributed by atoms with E-state index in [2.05, 4.69) is 4.90 Å². The van der Waals surface area contributed by atoms with Crippen molar-refractivity contribution in [1.29, 1.82) is 0 Å². The molecule has 1 N–H and O–H groups in total. The Morgan fingerprint density at radius 1 is 1.00 bits per heavy atom. The SMILES string of the molecule is O=C1COC2(CCCN(Cc3ccccc3O)CC2)CN1c1ccccc1. The zero-order valence-corrected chi connectivity index (χ0v) is 15.5. The molecule has 1 unspecified atom stereocenters. The maximum absolute atomic E-state index is 12.4. The molecule has 2 aliphatic heterocycles. The first kappa shape index (κ1) is 18.0. The molecule has 2 aromatic rings. The molecule has 0 saturated carbocycles. The fourth-order valence-electron chi connectivity index (χ4n) is 4.13. The lowest BCUT2D eigenvalue weighted by Gasteiger charge is -2.42. The third-order valence-corrected chi connectivity index (χ3v) is 5.69. The fourth-order valence-corrected chi connectivity index (χ4v) is 4.13. The van der Waals surface area contributed by atoms with Gasteiger partial charge >= 0.3 is 0 Å². The van der Waals surface area contributed by atoms with Crippen molar-refractivity contribution in [3.05, 3.63) is 60.2 Å². The number of hydrogen-bond donors (Lipinski definition) is 1. The number of ether oxygens (including phenoxy) is 1. The van der Waals surface area contributed by atoms with Crippen LogP contribution in [-0.4, -0.2) is 47.8 Å². The molecule has 5 nitrogen and oxygen atoms in total. The first-order valence-electron chi connectivity index (χ1n) is 9.64. The van der Waals surface area contributed by atoms with Crippen molar-refractivity contribution in [1.82, 2.24) is 4.90 Å². The monoisotopic (exact) mass is 366 g/mol. The maximum atomic E-state index is 12.4. The molecule has 2 heterocycles. The van der Waals surface area contributed by atoms with Gasteiger partial charge in [-0.3, -0.25) is 9.69 Å². The summed E-state index contributed by atoms with van der Waals surface area (Å²) in [6.45, 7) is 3.36. The van der Waals surface area contributed by atoms with E-state index in [1.807, 2.05) is 53.4 Å². The molecule has 0 radical (unpaired) electrons. The van der Waals surface area contributed by atoms with Crippen LogP contribution in [0.4, 0.5) is 5.69 Å². The number of anilines is 1. The Labute approximate surface area is 160 Å². The van der Waals surface area contributed by atoms with E-state index < -0.39 is 0 Å². The van der Waals surface area contributed by atoms with Crippen molar-refractivity contribution in [2.45, 2.75) is 31.4 Å². The summed E-state index contributed by atoms with van der Waals surface area (Å²) < 4.78 is 6.11. The van der Waals surface area contributed by atoms with Crippen LogP contribution >= 0.6 is 0 Å². The smallest absolute Gasteiger partial charge is 0.253 e. The Hall–Kier alpha value is -2.37. The first-order valence-corrected chi connectivity index (χ1v) is 9.64. The van der Waals surface area contributed by atoms with Crippen LogP contribution in [0.1, 0.15) is 24.8 Å². The average Bonchev–Trinajstić information content (AvgIpc) is 2.89. The number of carbonyl (C=O) groups is 1.